The van der Waals surface area contributed by atoms with E-state index in [2.05, 4.69) is 79.5 Å². The molecule has 0 radical (unpaired) electrons. The van der Waals surface area contributed by atoms with E-state index in [-0.39, 0.29) is 5.41 Å². The largest absolute Gasteiger partial charge is 0.512 e. The van der Waals surface area contributed by atoms with Gasteiger partial charge in [0.2, 0.25) is 5.88 Å². The Kier molecular flexibility index (Phi) is 7.27. The Morgan fingerprint density at radius 1 is 0.878 bits per heavy atom. The van der Waals surface area contributed by atoms with Crippen LogP contribution >= 0.6 is 0 Å². The predicted molar refractivity (Wildman–Crippen MR) is 166 cm³/mol. The quantitative estimate of drug-likeness (QED) is 0.150. The molecule has 41 heavy (non-hydrogen) atoms. The van der Waals surface area contributed by atoms with Crippen LogP contribution in [0.1, 0.15) is 56.2 Å². The van der Waals surface area contributed by atoms with E-state index < -0.39 is 6.16 Å². The lowest BCUT2D eigenvalue weighted by Gasteiger charge is -2.34. The number of benzene rings is 4. The molecule has 208 valence electrons. The summed E-state index contributed by atoms with van der Waals surface area (Å²) in [5, 5.41) is 12.8. The van der Waals surface area contributed by atoms with Crippen molar-refractivity contribution in [3.63, 3.8) is 0 Å². The monoisotopic (exact) mass is 545 g/mol. The smallest absolute Gasteiger partial charge is 0.493 e. The fourth-order valence-corrected chi connectivity index (χ4v) is 6.18. The van der Waals surface area contributed by atoms with Crippen LogP contribution in [0.4, 0.5) is 4.79 Å². The standard InChI is InChI=1S/C36H35NO4/c1-36(2)21-20-26(24-11-4-3-5-12-24)31(23-36)29-17-9-16-28-30(34(37-33(28)29)41-35(38)39)18-10-22-40-32-19-8-14-25-13-6-7-15-27(25)32/h3-9,11-17,19,37H,10,18,20-23H2,1-2H3,(H,38,39). The van der Waals surface area contributed by atoms with Crippen molar-refractivity contribution in [1.82, 2.24) is 4.98 Å². The summed E-state index contributed by atoms with van der Waals surface area (Å²) >= 11 is 0. The molecule has 0 amide bonds. The summed E-state index contributed by atoms with van der Waals surface area (Å²) in [5.41, 5.74) is 6.99. The van der Waals surface area contributed by atoms with E-state index in [9.17, 15) is 9.90 Å². The number of aryl methyl sites for hydroxylation is 1. The molecule has 1 aliphatic rings. The van der Waals surface area contributed by atoms with Gasteiger partial charge in [-0.3, -0.25) is 0 Å². The fourth-order valence-electron chi connectivity index (χ4n) is 6.18. The molecule has 0 atom stereocenters. The highest BCUT2D eigenvalue weighted by Gasteiger charge is 2.30. The average molecular weight is 546 g/mol. The van der Waals surface area contributed by atoms with E-state index >= 15 is 0 Å². The number of carboxylic acid groups (broad SMARTS) is 1. The summed E-state index contributed by atoms with van der Waals surface area (Å²) in [6.45, 7) is 5.15. The zero-order valence-electron chi connectivity index (χ0n) is 23.6. The third kappa shape index (κ3) is 5.58. The Labute approximate surface area is 240 Å². The van der Waals surface area contributed by atoms with Gasteiger partial charge in [-0.25, -0.2) is 4.79 Å². The molecule has 4 aromatic carbocycles. The summed E-state index contributed by atoms with van der Waals surface area (Å²) in [5.74, 6) is 1.15. The minimum atomic E-state index is -1.32. The number of hydrogen-bond acceptors (Lipinski definition) is 3. The van der Waals surface area contributed by atoms with Crippen molar-refractivity contribution < 1.29 is 19.4 Å². The molecule has 1 aromatic heterocycles. The SMILES string of the molecule is CC1(C)CCC(c2ccccc2)=C(c2cccc3c(CCCOc4cccc5ccccc45)c(OC(=O)O)[nH]c23)C1. The van der Waals surface area contributed by atoms with Crippen molar-refractivity contribution in [2.45, 2.75) is 46.0 Å². The summed E-state index contributed by atoms with van der Waals surface area (Å²) in [4.78, 5) is 15.0. The first-order chi connectivity index (χ1) is 19.9. The van der Waals surface area contributed by atoms with Crippen LogP contribution in [0.5, 0.6) is 11.6 Å². The zero-order chi connectivity index (χ0) is 28.4. The number of hydrogen-bond donors (Lipinski definition) is 2. The van der Waals surface area contributed by atoms with Gasteiger partial charge in [0.1, 0.15) is 5.75 Å². The topological polar surface area (TPSA) is 71.6 Å². The van der Waals surface area contributed by atoms with Gasteiger partial charge >= 0.3 is 6.16 Å². The normalized spacial score (nSPS) is 14.9. The molecular formula is C36H35NO4. The van der Waals surface area contributed by atoms with Crippen LogP contribution in [-0.2, 0) is 6.42 Å². The van der Waals surface area contributed by atoms with Crippen LogP contribution in [0, 0.1) is 5.41 Å². The van der Waals surface area contributed by atoms with E-state index in [0.29, 0.717) is 25.3 Å². The van der Waals surface area contributed by atoms with Gasteiger partial charge in [-0.1, -0.05) is 98.8 Å². The van der Waals surface area contributed by atoms with Gasteiger partial charge < -0.3 is 19.6 Å². The van der Waals surface area contributed by atoms with Crippen molar-refractivity contribution in [2.75, 3.05) is 6.61 Å². The number of fused-ring (bicyclic) bond motifs is 2. The van der Waals surface area contributed by atoms with E-state index in [4.69, 9.17) is 9.47 Å². The summed E-state index contributed by atoms with van der Waals surface area (Å²) in [6, 6.07) is 31.1. The molecule has 0 unspecified atom stereocenters. The van der Waals surface area contributed by atoms with Crippen molar-refractivity contribution >= 4 is 39.0 Å². The second-order valence-electron chi connectivity index (χ2n) is 11.6. The molecule has 1 aliphatic carbocycles. The number of H-pyrrole nitrogens is 1. The molecule has 0 saturated carbocycles. The summed E-state index contributed by atoms with van der Waals surface area (Å²) < 4.78 is 11.5. The van der Waals surface area contributed by atoms with E-state index in [1.165, 1.54) is 16.7 Å². The predicted octanol–water partition coefficient (Wildman–Crippen LogP) is 9.51. The number of aromatic amines is 1. The second-order valence-corrected chi connectivity index (χ2v) is 11.6. The Bertz CT molecular complexity index is 1740. The fraction of sp³-hybridized carbons (Fsp3) is 0.250. The van der Waals surface area contributed by atoms with Gasteiger partial charge in [-0.15, -0.1) is 0 Å². The van der Waals surface area contributed by atoms with Gasteiger partial charge in [0.25, 0.3) is 0 Å². The maximum atomic E-state index is 11.7. The van der Waals surface area contributed by atoms with Crippen molar-refractivity contribution in [2.24, 2.45) is 5.41 Å². The maximum Gasteiger partial charge on any atom is 0.512 e. The Morgan fingerprint density at radius 2 is 1.61 bits per heavy atom. The van der Waals surface area contributed by atoms with Crippen LogP contribution in [0.15, 0.2) is 91.0 Å². The number of para-hydroxylation sites is 1. The number of ether oxygens (including phenoxy) is 2. The minimum absolute atomic E-state index is 0.171. The molecule has 0 fully saturated rings. The van der Waals surface area contributed by atoms with Crippen LogP contribution < -0.4 is 9.47 Å². The van der Waals surface area contributed by atoms with Gasteiger partial charge in [0.15, 0.2) is 0 Å². The number of allylic oxidation sites excluding steroid dienone is 2. The highest BCUT2D eigenvalue weighted by atomic mass is 16.7. The van der Waals surface area contributed by atoms with Gasteiger partial charge in [0, 0.05) is 21.9 Å². The average Bonchev–Trinajstić information content (AvgIpc) is 3.31. The van der Waals surface area contributed by atoms with Crippen LogP contribution in [0.25, 0.3) is 32.8 Å². The van der Waals surface area contributed by atoms with Crippen molar-refractivity contribution in [3.8, 4) is 11.6 Å². The number of aromatic nitrogens is 1. The van der Waals surface area contributed by atoms with Gasteiger partial charge in [-0.05, 0) is 65.7 Å². The number of rotatable bonds is 8. The third-order valence-electron chi connectivity index (χ3n) is 8.19. The summed E-state index contributed by atoms with van der Waals surface area (Å²) in [6.07, 6.45) is 3.07. The lowest BCUT2D eigenvalue weighted by Crippen LogP contribution is -2.17. The van der Waals surface area contributed by atoms with E-state index in [1.807, 2.05) is 30.3 Å². The first-order valence-corrected chi connectivity index (χ1v) is 14.3. The maximum absolute atomic E-state index is 11.7. The highest BCUT2D eigenvalue weighted by Crippen LogP contribution is 2.48. The Hall–Kier alpha value is -4.51. The molecule has 2 N–H and O–H groups in total. The van der Waals surface area contributed by atoms with E-state index in [0.717, 1.165) is 57.8 Å². The number of nitrogens with one attached hydrogen (secondary N) is 1. The van der Waals surface area contributed by atoms with Gasteiger partial charge in [-0.2, -0.15) is 0 Å². The third-order valence-corrected chi connectivity index (χ3v) is 8.19. The molecule has 5 aromatic rings. The molecule has 1 heterocycles. The molecule has 0 bridgehead atoms. The molecule has 5 heteroatoms. The van der Waals surface area contributed by atoms with Gasteiger partial charge in [0.05, 0.1) is 12.1 Å². The molecule has 5 nitrogen and oxygen atoms in total. The van der Waals surface area contributed by atoms with Crippen LogP contribution in [0.2, 0.25) is 0 Å². The van der Waals surface area contributed by atoms with Crippen molar-refractivity contribution in [3.05, 3.63) is 108 Å². The van der Waals surface area contributed by atoms with Crippen LogP contribution in [-0.4, -0.2) is 22.9 Å². The van der Waals surface area contributed by atoms with Crippen LogP contribution in [0.3, 0.4) is 0 Å². The minimum Gasteiger partial charge on any atom is -0.493 e. The Balaban J connectivity index is 1.34. The highest BCUT2D eigenvalue weighted by molar-refractivity contribution is 6.02. The molecule has 6 rings (SSSR count). The molecule has 0 aliphatic heterocycles. The zero-order valence-corrected chi connectivity index (χ0v) is 23.6. The van der Waals surface area contributed by atoms with E-state index in [1.54, 1.807) is 0 Å². The molecular weight excluding hydrogens is 510 g/mol. The summed E-state index contributed by atoms with van der Waals surface area (Å²) in [7, 11) is 0. The first-order valence-electron chi connectivity index (χ1n) is 14.3. The second kappa shape index (κ2) is 11.2. The lowest BCUT2D eigenvalue weighted by molar-refractivity contribution is 0.142. The lowest BCUT2D eigenvalue weighted by atomic mass is 9.71. The number of carbonyl (C=O) groups is 1. The first kappa shape index (κ1) is 26.7. The molecule has 0 saturated heterocycles. The Morgan fingerprint density at radius 3 is 2.44 bits per heavy atom. The molecule has 0 spiro atoms. The van der Waals surface area contributed by atoms with Crippen molar-refractivity contribution in [1.29, 1.82) is 0 Å².